The van der Waals surface area contributed by atoms with Crippen molar-refractivity contribution in [2.24, 2.45) is 0 Å². The lowest BCUT2D eigenvalue weighted by Gasteiger charge is -2.26. The molecule has 0 heterocycles. The highest BCUT2D eigenvalue weighted by atomic mass is 31.1. The number of hydrogen-bond acceptors (Lipinski definition) is 1. The fraction of sp³-hybridized carbons (Fsp3) is 0.200. The van der Waals surface area contributed by atoms with Gasteiger partial charge in [0.05, 0.1) is 0 Å². The van der Waals surface area contributed by atoms with Crippen LogP contribution in [0.2, 0.25) is 0 Å². The lowest BCUT2D eigenvalue weighted by atomic mass is 10.4. The monoisotopic (exact) mass is 275 g/mol. The molecule has 0 N–H and O–H groups in total. The Labute approximate surface area is 113 Å². The first-order chi connectivity index (χ1) is 8.75. The fourth-order valence-corrected chi connectivity index (χ4v) is 4.34. The van der Waals surface area contributed by atoms with Crippen molar-refractivity contribution < 1.29 is 0 Å². The average Bonchev–Trinajstić information content (AvgIpc) is 2.40. The fourth-order valence-electron chi connectivity index (χ4n) is 1.59. The standard InChI is InChI=1S/C15H19NP2/c1-13(2)16(17-14-9-5-3-6-10-14)18-15-11-7-4-8-12-15/h3-13,17-18H,1-2H3. The summed E-state index contributed by atoms with van der Waals surface area (Å²) in [6.07, 6.45) is 0. The van der Waals surface area contributed by atoms with Crippen molar-refractivity contribution in [3.05, 3.63) is 60.7 Å². The van der Waals surface area contributed by atoms with Crippen molar-refractivity contribution in [2.45, 2.75) is 19.9 Å². The zero-order valence-electron chi connectivity index (χ0n) is 10.8. The minimum atomic E-state index is 0.571. The molecule has 0 amide bonds. The van der Waals surface area contributed by atoms with Gasteiger partial charge in [-0.3, -0.25) is 4.44 Å². The molecule has 1 nitrogen and oxygen atoms in total. The van der Waals surface area contributed by atoms with E-state index in [9.17, 15) is 0 Å². The molecule has 0 bridgehead atoms. The van der Waals surface area contributed by atoms with Crippen LogP contribution in [0.15, 0.2) is 60.7 Å². The zero-order valence-corrected chi connectivity index (χ0v) is 12.8. The Morgan fingerprint density at radius 3 is 1.44 bits per heavy atom. The maximum absolute atomic E-state index is 2.55. The molecule has 0 aromatic heterocycles. The predicted molar refractivity (Wildman–Crippen MR) is 85.8 cm³/mol. The van der Waals surface area contributed by atoms with Crippen molar-refractivity contribution >= 4 is 28.1 Å². The summed E-state index contributed by atoms with van der Waals surface area (Å²) in [4.78, 5) is 0. The third-order valence-electron chi connectivity index (χ3n) is 2.56. The minimum Gasteiger partial charge on any atom is -0.255 e. The number of hydrogen-bond donors (Lipinski definition) is 0. The maximum atomic E-state index is 2.55. The second-order valence-electron chi connectivity index (χ2n) is 4.42. The Balaban J connectivity index is 2.05. The summed E-state index contributed by atoms with van der Waals surface area (Å²) < 4.78 is 2.55. The van der Waals surface area contributed by atoms with Crippen LogP contribution in [0, 0.1) is 0 Å². The van der Waals surface area contributed by atoms with Gasteiger partial charge in [0.25, 0.3) is 0 Å². The van der Waals surface area contributed by atoms with Crippen LogP contribution in [0.5, 0.6) is 0 Å². The Hall–Kier alpha value is -0.740. The van der Waals surface area contributed by atoms with E-state index in [0.717, 1.165) is 17.5 Å². The molecule has 0 saturated carbocycles. The van der Waals surface area contributed by atoms with E-state index in [0.29, 0.717) is 6.04 Å². The third-order valence-corrected chi connectivity index (χ3v) is 5.93. The van der Waals surface area contributed by atoms with Gasteiger partial charge < -0.3 is 0 Å². The number of rotatable bonds is 5. The van der Waals surface area contributed by atoms with Gasteiger partial charge in [-0.05, 0) is 41.9 Å². The first-order valence-corrected chi connectivity index (χ1v) is 8.08. The van der Waals surface area contributed by atoms with Gasteiger partial charge in [-0.2, -0.15) is 0 Å². The van der Waals surface area contributed by atoms with Crippen molar-refractivity contribution in [1.82, 2.24) is 4.44 Å². The first kappa shape index (κ1) is 13.7. The van der Waals surface area contributed by atoms with Crippen molar-refractivity contribution in [3.63, 3.8) is 0 Å². The van der Waals surface area contributed by atoms with Crippen LogP contribution in [-0.4, -0.2) is 10.5 Å². The molecule has 0 spiro atoms. The second kappa shape index (κ2) is 7.00. The lowest BCUT2D eigenvalue weighted by molar-refractivity contribution is 0.592. The lowest BCUT2D eigenvalue weighted by Crippen LogP contribution is -2.19. The molecule has 3 heteroatoms. The van der Waals surface area contributed by atoms with Crippen LogP contribution >= 0.6 is 17.5 Å². The van der Waals surface area contributed by atoms with E-state index in [1.807, 2.05) is 0 Å². The van der Waals surface area contributed by atoms with Crippen LogP contribution in [0.3, 0.4) is 0 Å². The third kappa shape index (κ3) is 4.18. The van der Waals surface area contributed by atoms with E-state index >= 15 is 0 Å². The van der Waals surface area contributed by atoms with Gasteiger partial charge in [-0.15, -0.1) is 0 Å². The van der Waals surface area contributed by atoms with E-state index in [2.05, 4.69) is 79.0 Å². The van der Waals surface area contributed by atoms with E-state index in [1.165, 1.54) is 10.6 Å². The van der Waals surface area contributed by atoms with Crippen molar-refractivity contribution in [2.75, 3.05) is 0 Å². The highest BCUT2D eigenvalue weighted by molar-refractivity contribution is 7.59. The summed E-state index contributed by atoms with van der Waals surface area (Å²) in [6.45, 7) is 4.54. The van der Waals surface area contributed by atoms with E-state index in [1.54, 1.807) is 0 Å². The zero-order chi connectivity index (χ0) is 12.8. The molecule has 2 aromatic rings. The Morgan fingerprint density at radius 1 is 0.722 bits per heavy atom. The van der Waals surface area contributed by atoms with Gasteiger partial charge in [0.1, 0.15) is 0 Å². The molecule has 0 saturated heterocycles. The van der Waals surface area contributed by atoms with Crippen molar-refractivity contribution in [3.8, 4) is 0 Å². The summed E-state index contributed by atoms with van der Waals surface area (Å²) >= 11 is 0. The topological polar surface area (TPSA) is 3.24 Å². The van der Waals surface area contributed by atoms with Crippen molar-refractivity contribution in [1.29, 1.82) is 0 Å². The molecular formula is C15H19NP2. The molecule has 0 aliphatic rings. The molecule has 18 heavy (non-hydrogen) atoms. The van der Waals surface area contributed by atoms with E-state index in [-0.39, 0.29) is 0 Å². The quantitative estimate of drug-likeness (QED) is 0.754. The minimum absolute atomic E-state index is 0.571. The largest absolute Gasteiger partial charge is 0.255 e. The van der Waals surface area contributed by atoms with Gasteiger partial charge >= 0.3 is 0 Å². The normalized spacial score (nSPS) is 12.4. The highest BCUT2D eigenvalue weighted by Crippen LogP contribution is 2.33. The molecule has 2 aromatic carbocycles. The second-order valence-corrected chi connectivity index (χ2v) is 7.43. The van der Waals surface area contributed by atoms with Gasteiger partial charge in [-0.1, -0.05) is 60.7 Å². The molecule has 0 aliphatic carbocycles. The van der Waals surface area contributed by atoms with Crippen LogP contribution in [0.25, 0.3) is 0 Å². The summed E-state index contributed by atoms with van der Waals surface area (Å²) in [5, 5.41) is 2.82. The molecule has 0 fully saturated rings. The average molecular weight is 275 g/mol. The predicted octanol–water partition coefficient (Wildman–Crippen LogP) is 3.53. The molecule has 0 aliphatic heterocycles. The molecule has 94 valence electrons. The molecular weight excluding hydrogens is 256 g/mol. The van der Waals surface area contributed by atoms with Crippen LogP contribution in [0.4, 0.5) is 0 Å². The Bertz CT molecular complexity index is 415. The molecule has 2 unspecified atom stereocenters. The van der Waals surface area contributed by atoms with Gasteiger partial charge in [0.2, 0.25) is 0 Å². The summed E-state index contributed by atoms with van der Waals surface area (Å²) in [5.74, 6) is 0. The van der Waals surface area contributed by atoms with E-state index < -0.39 is 0 Å². The van der Waals surface area contributed by atoms with Crippen LogP contribution in [0.1, 0.15) is 13.8 Å². The summed E-state index contributed by atoms with van der Waals surface area (Å²) in [7, 11) is 1.49. The van der Waals surface area contributed by atoms with Gasteiger partial charge in [0, 0.05) is 6.04 Å². The highest BCUT2D eigenvalue weighted by Gasteiger charge is 2.10. The van der Waals surface area contributed by atoms with E-state index in [4.69, 9.17) is 0 Å². The molecule has 0 radical (unpaired) electrons. The summed E-state index contributed by atoms with van der Waals surface area (Å²) in [5.41, 5.74) is 0. The summed E-state index contributed by atoms with van der Waals surface area (Å²) in [6, 6.07) is 22.0. The Morgan fingerprint density at radius 2 is 1.11 bits per heavy atom. The van der Waals surface area contributed by atoms with Gasteiger partial charge in [0.15, 0.2) is 0 Å². The van der Waals surface area contributed by atoms with Crippen LogP contribution in [-0.2, 0) is 0 Å². The van der Waals surface area contributed by atoms with Crippen LogP contribution < -0.4 is 10.6 Å². The Kier molecular flexibility index (Phi) is 5.32. The SMILES string of the molecule is CC(C)N(Pc1ccccc1)Pc1ccccc1. The van der Waals surface area contributed by atoms with Gasteiger partial charge in [-0.25, -0.2) is 0 Å². The number of nitrogens with zero attached hydrogens (tertiary/aromatic N) is 1. The maximum Gasteiger partial charge on any atom is 0.0119 e. The molecule has 2 atom stereocenters. The molecule has 2 rings (SSSR count). The number of benzene rings is 2. The smallest absolute Gasteiger partial charge is 0.0119 e. The first-order valence-electron chi connectivity index (χ1n) is 6.18.